The lowest BCUT2D eigenvalue weighted by Gasteiger charge is -2.01. The van der Waals surface area contributed by atoms with Gasteiger partial charge in [0.05, 0.1) is 11.8 Å². The molecule has 0 radical (unpaired) electrons. The van der Waals surface area contributed by atoms with Crippen molar-refractivity contribution < 1.29 is 15.0 Å². The van der Waals surface area contributed by atoms with Gasteiger partial charge in [-0.15, -0.1) is 0 Å². The zero-order valence-electron chi connectivity index (χ0n) is 11.4. The highest BCUT2D eigenvalue weighted by Gasteiger charge is 2.10. The number of para-hydroxylation sites is 2. The summed E-state index contributed by atoms with van der Waals surface area (Å²) in [6, 6.07) is 11.9. The molecule has 0 aliphatic heterocycles. The summed E-state index contributed by atoms with van der Waals surface area (Å²) >= 11 is 0. The molecule has 110 valence electrons. The maximum Gasteiger partial charge on any atom is 0.273 e. The zero-order valence-corrected chi connectivity index (χ0v) is 11.4. The molecule has 0 unspecified atom stereocenters. The van der Waals surface area contributed by atoms with Crippen molar-refractivity contribution in [3.05, 3.63) is 59.8 Å². The second kappa shape index (κ2) is 5.61. The fourth-order valence-electron chi connectivity index (χ4n) is 2.13. The van der Waals surface area contributed by atoms with E-state index in [0.29, 0.717) is 11.1 Å². The van der Waals surface area contributed by atoms with Crippen LogP contribution in [0.1, 0.15) is 15.9 Å². The molecule has 0 saturated heterocycles. The number of hydrazone groups is 1. The first-order chi connectivity index (χ1) is 10.7. The minimum atomic E-state index is -0.367. The van der Waals surface area contributed by atoms with Crippen molar-refractivity contribution in [3.63, 3.8) is 0 Å². The largest absolute Gasteiger partial charge is 0.504 e. The fraction of sp³-hybridized carbons (Fsp3) is 0. The maximum absolute atomic E-state index is 12.1. The normalized spacial score (nSPS) is 11.1. The molecule has 0 atom stereocenters. The highest BCUT2D eigenvalue weighted by molar-refractivity contribution is 6.06. The van der Waals surface area contributed by atoms with Gasteiger partial charge in [0.25, 0.3) is 5.91 Å². The van der Waals surface area contributed by atoms with E-state index in [-0.39, 0.29) is 17.4 Å². The summed E-state index contributed by atoms with van der Waals surface area (Å²) in [6.45, 7) is 0. The number of aromatic amines is 1. The Hall–Kier alpha value is -3.28. The number of amides is 1. The molecule has 0 aliphatic carbocycles. The molecule has 6 nitrogen and oxygen atoms in total. The van der Waals surface area contributed by atoms with Crippen LogP contribution in [0, 0.1) is 0 Å². The van der Waals surface area contributed by atoms with Crippen molar-refractivity contribution in [3.8, 4) is 11.5 Å². The summed E-state index contributed by atoms with van der Waals surface area (Å²) in [5.74, 6) is -0.896. The van der Waals surface area contributed by atoms with Crippen LogP contribution in [0.25, 0.3) is 10.9 Å². The van der Waals surface area contributed by atoms with Gasteiger partial charge < -0.3 is 15.2 Å². The quantitative estimate of drug-likeness (QED) is 0.339. The van der Waals surface area contributed by atoms with Gasteiger partial charge in [0, 0.05) is 22.7 Å². The first kappa shape index (κ1) is 13.7. The molecule has 1 amide bonds. The summed E-state index contributed by atoms with van der Waals surface area (Å²) in [6.07, 6.45) is 2.88. The molecule has 4 N–H and O–H groups in total. The molecule has 3 rings (SSSR count). The molecule has 0 aliphatic rings. The topological polar surface area (TPSA) is 97.7 Å². The van der Waals surface area contributed by atoms with E-state index in [2.05, 4.69) is 15.5 Å². The molecular formula is C16H13N3O3. The lowest BCUT2D eigenvalue weighted by molar-refractivity contribution is 0.0957. The van der Waals surface area contributed by atoms with Gasteiger partial charge in [-0.1, -0.05) is 24.3 Å². The van der Waals surface area contributed by atoms with E-state index in [0.717, 1.165) is 10.9 Å². The van der Waals surface area contributed by atoms with Crippen LogP contribution in [0.15, 0.2) is 53.8 Å². The highest BCUT2D eigenvalue weighted by atomic mass is 16.3. The van der Waals surface area contributed by atoms with Gasteiger partial charge in [-0.05, 0) is 18.2 Å². The summed E-state index contributed by atoms with van der Waals surface area (Å²) in [7, 11) is 0. The van der Waals surface area contributed by atoms with Gasteiger partial charge in [-0.3, -0.25) is 4.79 Å². The minimum absolute atomic E-state index is 0.244. The molecule has 1 aromatic heterocycles. The van der Waals surface area contributed by atoms with Crippen LogP contribution in [-0.2, 0) is 0 Å². The van der Waals surface area contributed by atoms with E-state index in [1.165, 1.54) is 12.3 Å². The van der Waals surface area contributed by atoms with Crippen LogP contribution in [0.3, 0.4) is 0 Å². The number of phenols is 2. The van der Waals surface area contributed by atoms with Crippen LogP contribution in [0.5, 0.6) is 11.5 Å². The van der Waals surface area contributed by atoms with Crippen molar-refractivity contribution in [2.75, 3.05) is 0 Å². The van der Waals surface area contributed by atoms with Crippen LogP contribution < -0.4 is 5.43 Å². The van der Waals surface area contributed by atoms with Crippen LogP contribution in [0.2, 0.25) is 0 Å². The second-order valence-corrected chi connectivity index (χ2v) is 4.66. The number of fused-ring (bicyclic) bond motifs is 1. The van der Waals surface area contributed by atoms with Gasteiger partial charge in [0.15, 0.2) is 11.5 Å². The predicted molar refractivity (Wildman–Crippen MR) is 83.1 cm³/mol. The molecule has 6 heteroatoms. The van der Waals surface area contributed by atoms with E-state index in [4.69, 9.17) is 0 Å². The Kier molecular flexibility index (Phi) is 3.49. The van der Waals surface area contributed by atoms with Crippen molar-refractivity contribution in [1.29, 1.82) is 0 Å². The number of carbonyl (C=O) groups is 1. The first-order valence-corrected chi connectivity index (χ1v) is 6.57. The summed E-state index contributed by atoms with van der Waals surface area (Å²) in [5, 5.41) is 23.6. The standard InChI is InChI=1S/C16H13N3O3/c20-14-7-3-4-10(15(14)21)8-18-19-16(22)12-9-17-13-6-2-1-5-11(12)13/h1-9,17,20-21H,(H,19,22)/b18-8+. The third kappa shape index (κ3) is 2.49. The van der Waals surface area contributed by atoms with Gasteiger partial charge in [-0.2, -0.15) is 5.10 Å². The first-order valence-electron chi connectivity index (χ1n) is 6.57. The van der Waals surface area contributed by atoms with Crippen LogP contribution in [-0.4, -0.2) is 27.3 Å². The predicted octanol–water partition coefficient (Wildman–Crippen LogP) is 2.34. The Bertz CT molecular complexity index is 868. The Morgan fingerprint density at radius 3 is 2.82 bits per heavy atom. The summed E-state index contributed by atoms with van der Waals surface area (Å²) in [4.78, 5) is 15.1. The van der Waals surface area contributed by atoms with Gasteiger partial charge in [-0.25, -0.2) is 5.43 Å². The molecule has 22 heavy (non-hydrogen) atoms. The van der Waals surface area contributed by atoms with Gasteiger partial charge in [0.1, 0.15) is 0 Å². The molecule has 0 spiro atoms. The van der Waals surface area contributed by atoms with Gasteiger partial charge >= 0.3 is 0 Å². The molecule has 2 aromatic carbocycles. The third-order valence-electron chi connectivity index (χ3n) is 3.25. The minimum Gasteiger partial charge on any atom is -0.504 e. The Morgan fingerprint density at radius 1 is 1.14 bits per heavy atom. The third-order valence-corrected chi connectivity index (χ3v) is 3.25. The number of aromatic hydroxyl groups is 2. The van der Waals surface area contributed by atoms with E-state index in [1.54, 1.807) is 18.3 Å². The van der Waals surface area contributed by atoms with Gasteiger partial charge in [0.2, 0.25) is 0 Å². The zero-order chi connectivity index (χ0) is 15.5. The number of carbonyl (C=O) groups excluding carboxylic acids is 1. The Labute approximate surface area is 125 Å². The molecule has 0 bridgehead atoms. The number of rotatable bonds is 3. The van der Waals surface area contributed by atoms with E-state index >= 15 is 0 Å². The van der Waals surface area contributed by atoms with E-state index in [9.17, 15) is 15.0 Å². The number of hydrogen-bond acceptors (Lipinski definition) is 4. The molecule has 0 saturated carbocycles. The van der Waals surface area contributed by atoms with Crippen molar-refractivity contribution >= 4 is 23.0 Å². The number of aromatic nitrogens is 1. The monoisotopic (exact) mass is 295 g/mol. The van der Waals surface area contributed by atoms with Crippen molar-refractivity contribution in [1.82, 2.24) is 10.4 Å². The summed E-state index contributed by atoms with van der Waals surface area (Å²) < 4.78 is 0. The molecular weight excluding hydrogens is 282 g/mol. The number of hydrogen-bond donors (Lipinski definition) is 4. The number of H-pyrrole nitrogens is 1. The van der Waals surface area contributed by atoms with Crippen molar-refractivity contribution in [2.45, 2.75) is 0 Å². The lowest BCUT2D eigenvalue weighted by atomic mass is 10.2. The van der Waals surface area contributed by atoms with Crippen LogP contribution in [0.4, 0.5) is 0 Å². The Balaban J connectivity index is 1.77. The van der Waals surface area contributed by atoms with E-state index in [1.807, 2.05) is 24.3 Å². The average molecular weight is 295 g/mol. The number of nitrogens with one attached hydrogen (secondary N) is 2. The van der Waals surface area contributed by atoms with Crippen molar-refractivity contribution in [2.24, 2.45) is 5.10 Å². The maximum atomic E-state index is 12.1. The average Bonchev–Trinajstić information content (AvgIpc) is 2.95. The highest BCUT2D eigenvalue weighted by Crippen LogP contribution is 2.26. The molecule has 3 aromatic rings. The van der Waals surface area contributed by atoms with Crippen LogP contribution >= 0.6 is 0 Å². The molecule has 0 fully saturated rings. The number of benzene rings is 2. The summed E-state index contributed by atoms with van der Waals surface area (Å²) in [5.41, 5.74) is 4.04. The Morgan fingerprint density at radius 2 is 1.95 bits per heavy atom. The lowest BCUT2D eigenvalue weighted by Crippen LogP contribution is -2.17. The molecule has 1 heterocycles. The number of nitrogens with zero attached hydrogens (tertiary/aromatic N) is 1. The number of phenolic OH excluding ortho intramolecular Hbond substituents is 2. The second-order valence-electron chi connectivity index (χ2n) is 4.66. The smallest absolute Gasteiger partial charge is 0.273 e. The fourth-order valence-corrected chi connectivity index (χ4v) is 2.13. The SMILES string of the molecule is O=C(N/N=C/c1cccc(O)c1O)c1c[nH]c2ccccc12. The van der Waals surface area contributed by atoms with E-state index < -0.39 is 0 Å².